The molecule has 0 fully saturated rings. The van der Waals surface area contributed by atoms with E-state index < -0.39 is 18.0 Å². The summed E-state index contributed by atoms with van der Waals surface area (Å²) in [5.74, 6) is 0.468. The highest BCUT2D eigenvalue weighted by atomic mass is 19.4. The van der Waals surface area contributed by atoms with E-state index in [1.54, 1.807) is 30.5 Å². The van der Waals surface area contributed by atoms with Gasteiger partial charge in [0.05, 0.1) is 11.3 Å². The van der Waals surface area contributed by atoms with Gasteiger partial charge in [0.2, 0.25) is 0 Å². The molecule has 2 aromatic carbocycles. The van der Waals surface area contributed by atoms with Crippen molar-refractivity contribution in [3.05, 3.63) is 83.7 Å². The van der Waals surface area contributed by atoms with Gasteiger partial charge in [-0.3, -0.25) is 9.88 Å². The van der Waals surface area contributed by atoms with Gasteiger partial charge in [0.1, 0.15) is 18.6 Å². The van der Waals surface area contributed by atoms with Crippen LogP contribution in [0.25, 0.3) is 11.1 Å². The van der Waals surface area contributed by atoms with E-state index in [-0.39, 0.29) is 0 Å². The predicted octanol–water partition coefficient (Wildman–Crippen LogP) is 4.65. The molecule has 1 aromatic heterocycles. The molecule has 1 aliphatic rings. The van der Waals surface area contributed by atoms with Crippen LogP contribution in [0.2, 0.25) is 0 Å². The van der Waals surface area contributed by atoms with Gasteiger partial charge in [0.25, 0.3) is 0 Å². The lowest BCUT2D eigenvalue weighted by atomic mass is 10.00. The number of halogens is 3. The molecule has 29 heavy (non-hydrogen) atoms. The zero-order valence-corrected chi connectivity index (χ0v) is 15.4. The van der Waals surface area contributed by atoms with Crippen LogP contribution < -0.4 is 4.74 Å². The summed E-state index contributed by atoms with van der Waals surface area (Å²) >= 11 is 0. The first-order chi connectivity index (χ1) is 13.9. The lowest BCUT2D eigenvalue weighted by Crippen LogP contribution is -2.30. The largest absolute Gasteiger partial charge is 0.492 e. The maximum absolute atomic E-state index is 13.0. The smallest absolute Gasteiger partial charge is 0.416 e. The molecule has 0 saturated heterocycles. The van der Waals surface area contributed by atoms with Crippen molar-refractivity contribution in [2.45, 2.75) is 18.9 Å². The van der Waals surface area contributed by atoms with Crippen molar-refractivity contribution in [1.29, 1.82) is 0 Å². The zero-order chi connectivity index (χ0) is 20.4. The average molecular weight is 400 g/mol. The van der Waals surface area contributed by atoms with E-state index in [0.717, 1.165) is 17.8 Å². The van der Waals surface area contributed by atoms with Gasteiger partial charge in [-0.2, -0.15) is 13.2 Å². The van der Waals surface area contributed by atoms with Gasteiger partial charge < -0.3 is 9.84 Å². The number of hydrogen-bond acceptors (Lipinski definition) is 4. The topological polar surface area (TPSA) is 45.6 Å². The summed E-state index contributed by atoms with van der Waals surface area (Å²) in [4.78, 5) is 6.14. The Kier molecular flexibility index (Phi) is 5.25. The number of aliphatic hydroxyl groups is 1. The number of benzene rings is 2. The molecule has 150 valence electrons. The van der Waals surface area contributed by atoms with Crippen LogP contribution in [0.4, 0.5) is 13.2 Å². The summed E-state index contributed by atoms with van der Waals surface area (Å²) in [5.41, 5.74) is 1.74. The van der Waals surface area contributed by atoms with Crippen LogP contribution in [0.5, 0.6) is 5.75 Å². The predicted molar refractivity (Wildman–Crippen MR) is 102 cm³/mol. The molecule has 1 atom stereocenters. The maximum atomic E-state index is 13.0. The van der Waals surface area contributed by atoms with Crippen LogP contribution >= 0.6 is 0 Å². The Labute approximate surface area is 166 Å². The fraction of sp³-hybridized carbons (Fsp3) is 0.227. The molecule has 3 aromatic rings. The molecule has 0 spiro atoms. The van der Waals surface area contributed by atoms with Crippen LogP contribution in [-0.2, 0) is 12.7 Å². The minimum Gasteiger partial charge on any atom is -0.492 e. The van der Waals surface area contributed by atoms with Crippen LogP contribution in [0.15, 0.2) is 66.9 Å². The van der Waals surface area contributed by atoms with Crippen molar-refractivity contribution >= 4 is 0 Å². The number of ether oxygens (including phenoxy) is 1. The Morgan fingerprint density at radius 2 is 1.86 bits per heavy atom. The van der Waals surface area contributed by atoms with Crippen LogP contribution in [0.3, 0.4) is 0 Å². The highest BCUT2D eigenvalue weighted by Gasteiger charge is 2.31. The SMILES string of the molecule is OC1c2ccc(-c3cccc(C(F)(F)F)c3)cc2OCCN1Cc1ccccn1. The van der Waals surface area contributed by atoms with E-state index in [2.05, 4.69) is 4.98 Å². The summed E-state index contributed by atoms with van der Waals surface area (Å²) in [7, 11) is 0. The highest BCUT2D eigenvalue weighted by Crippen LogP contribution is 2.36. The lowest BCUT2D eigenvalue weighted by molar-refractivity contribution is -0.137. The fourth-order valence-electron chi connectivity index (χ4n) is 3.38. The molecule has 4 rings (SSSR count). The number of aromatic nitrogens is 1. The average Bonchev–Trinajstić information content (AvgIpc) is 2.87. The Hall–Kier alpha value is -2.90. The fourth-order valence-corrected chi connectivity index (χ4v) is 3.38. The molecule has 4 nitrogen and oxygen atoms in total. The Balaban J connectivity index is 1.62. The molecule has 1 unspecified atom stereocenters. The third-order valence-corrected chi connectivity index (χ3v) is 4.89. The summed E-state index contributed by atoms with van der Waals surface area (Å²) < 4.78 is 44.8. The van der Waals surface area contributed by atoms with Crippen molar-refractivity contribution in [3.63, 3.8) is 0 Å². The first-order valence-corrected chi connectivity index (χ1v) is 9.18. The number of nitrogens with zero attached hydrogens (tertiary/aromatic N) is 2. The highest BCUT2D eigenvalue weighted by molar-refractivity contribution is 5.67. The number of fused-ring (bicyclic) bond motifs is 1. The van der Waals surface area contributed by atoms with Crippen molar-refractivity contribution in [2.75, 3.05) is 13.2 Å². The molecular formula is C22H19F3N2O2. The first kappa shape index (κ1) is 19.4. The number of aliphatic hydroxyl groups excluding tert-OH is 1. The first-order valence-electron chi connectivity index (χ1n) is 9.18. The van der Waals surface area contributed by atoms with E-state index in [4.69, 9.17) is 4.74 Å². The quantitative estimate of drug-likeness (QED) is 0.695. The molecule has 0 radical (unpaired) electrons. The molecule has 0 aliphatic carbocycles. The zero-order valence-electron chi connectivity index (χ0n) is 15.4. The lowest BCUT2D eigenvalue weighted by Gasteiger charge is -2.25. The van der Waals surface area contributed by atoms with Gasteiger partial charge in [-0.15, -0.1) is 0 Å². The van der Waals surface area contributed by atoms with Crippen molar-refractivity contribution in [1.82, 2.24) is 9.88 Å². The van der Waals surface area contributed by atoms with Gasteiger partial charge in [-0.1, -0.05) is 30.3 Å². The van der Waals surface area contributed by atoms with Crippen molar-refractivity contribution in [2.24, 2.45) is 0 Å². The summed E-state index contributed by atoms with van der Waals surface area (Å²) in [6.45, 7) is 1.30. The molecule has 1 aliphatic heterocycles. The summed E-state index contributed by atoms with van der Waals surface area (Å²) in [5, 5.41) is 10.8. The normalized spacial score (nSPS) is 17.3. The van der Waals surface area contributed by atoms with E-state index in [0.29, 0.717) is 42.1 Å². The second-order valence-corrected chi connectivity index (χ2v) is 6.84. The van der Waals surface area contributed by atoms with Crippen LogP contribution in [0.1, 0.15) is 23.0 Å². The molecule has 0 saturated carbocycles. The van der Waals surface area contributed by atoms with Gasteiger partial charge >= 0.3 is 6.18 Å². The Bertz CT molecular complexity index is 993. The molecule has 1 N–H and O–H groups in total. The van der Waals surface area contributed by atoms with Crippen LogP contribution in [0, 0.1) is 0 Å². The minimum atomic E-state index is -4.40. The number of hydrogen-bond donors (Lipinski definition) is 1. The van der Waals surface area contributed by atoms with Gasteiger partial charge in [0, 0.05) is 24.8 Å². The number of alkyl halides is 3. The Morgan fingerprint density at radius 1 is 1.03 bits per heavy atom. The summed E-state index contributed by atoms with van der Waals surface area (Å²) in [6.07, 6.45) is -3.60. The van der Waals surface area contributed by atoms with E-state index in [1.165, 1.54) is 6.07 Å². The minimum absolute atomic E-state index is 0.350. The standard InChI is InChI=1S/C22H19F3N2O2/c23-22(24,25)17-5-3-4-15(12-17)16-7-8-19-20(13-16)29-11-10-27(21(19)28)14-18-6-1-2-9-26-18/h1-9,12-13,21,28H,10-11,14H2. The molecule has 2 heterocycles. The number of pyridine rings is 1. The van der Waals surface area contributed by atoms with Crippen LogP contribution in [-0.4, -0.2) is 28.1 Å². The van der Waals surface area contributed by atoms with E-state index in [1.807, 2.05) is 23.1 Å². The van der Waals surface area contributed by atoms with Crippen molar-refractivity contribution in [3.8, 4) is 16.9 Å². The number of rotatable bonds is 3. The second-order valence-electron chi connectivity index (χ2n) is 6.84. The maximum Gasteiger partial charge on any atom is 0.416 e. The third-order valence-electron chi connectivity index (χ3n) is 4.89. The van der Waals surface area contributed by atoms with E-state index in [9.17, 15) is 18.3 Å². The monoisotopic (exact) mass is 400 g/mol. The molecule has 0 amide bonds. The molecular weight excluding hydrogens is 381 g/mol. The van der Waals surface area contributed by atoms with Gasteiger partial charge in [-0.25, -0.2) is 0 Å². The third kappa shape index (κ3) is 4.26. The molecule has 7 heteroatoms. The van der Waals surface area contributed by atoms with Gasteiger partial charge in [-0.05, 0) is 41.5 Å². The molecule has 0 bridgehead atoms. The van der Waals surface area contributed by atoms with Gasteiger partial charge in [0.15, 0.2) is 0 Å². The summed E-state index contributed by atoms with van der Waals surface area (Å²) in [6, 6.07) is 15.8. The Morgan fingerprint density at radius 3 is 2.62 bits per heavy atom. The van der Waals surface area contributed by atoms with E-state index >= 15 is 0 Å². The second kappa shape index (κ2) is 7.85. The van der Waals surface area contributed by atoms with Crippen molar-refractivity contribution < 1.29 is 23.0 Å².